The van der Waals surface area contributed by atoms with Crippen molar-refractivity contribution < 1.29 is 0 Å². The van der Waals surface area contributed by atoms with Crippen LogP contribution in [0.15, 0.2) is 200 Å². The predicted molar refractivity (Wildman–Crippen MR) is 261 cm³/mol. The number of hydrogen-bond donors (Lipinski definition) is 0. The summed E-state index contributed by atoms with van der Waals surface area (Å²) < 4.78 is 5.26. The zero-order valence-corrected chi connectivity index (χ0v) is 34.9. The van der Waals surface area contributed by atoms with Gasteiger partial charge in [0.2, 0.25) is 0 Å². The summed E-state index contributed by atoms with van der Waals surface area (Å²) in [5, 5.41) is 5.22. The lowest BCUT2D eigenvalue weighted by atomic mass is 9.82. The van der Waals surface area contributed by atoms with E-state index in [1.807, 2.05) is 22.7 Å². The summed E-state index contributed by atoms with van der Waals surface area (Å²) in [6, 6.07) is 74.2. The van der Waals surface area contributed by atoms with Crippen molar-refractivity contribution >= 4 is 80.1 Å². The summed E-state index contributed by atoms with van der Waals surface area (Å²) in [7, 11) is 0. The molecule has 0 amide bonds. The van der Waals surface area contributed by atoms with Crippen LogP contribution in [0.25, 0.3) is 84.9 Å². The highest BCUT2D eigenvalue weighted by atomic mass is 32.1. The fourth-order valence-electron chi connectivity index (χ4n) is 9.76. The van der Waals surface area contributed by atoms with Crippen LogP contribution < -0.4 is 4.90 Å². The van der Waals surface area contributed by atoms with Crippen molar-refractivity contribution in [1.29, 1.82) is 0 Å². The average molecular weight is 802 g/mol. The summed E-state index contributed by atoms with van der Waals surface area (Å²) in [4.78, 5) is 2.44. The first-order valence-corrected chi connectivity index (χ1v) is 22.3. The van der Waals surface area contributed by atoms with Gasteiger partial charge in [0.25, 0.3) is 0 Å². The third kappa shape index (κ3) is 5.43. The summed E-state index contributed by atoms with van der Waals surface area (Å²) in [5.74, 6) is 0. The maximum Gasteiger partial charge on any atom is 0.0555 e. The second kappa shape index (κ2) is 13.6. The molecule has 284 valence electrons. The highest BCUT2D eigenvalue weighted by Gasteiger charge is 2.36. The van der Waals surface area contributed by atoms with Crippen molar-refractivity contribution in [3.05, 3.63) is 211 Å². The SMILES string of the molecule is CC1(C)c2ccccc2-c2c(-c3ccc(N(c4ccccc4)c4ccc(-c5ccc(-c6ccc7sc8ccccc8c7c6)cc5)c5sc6ccccc6c45)cc3)cccc21. The van der Waals surface area contributed by atoms with Crippen LogP contribution in [-0.4, -0.2) is 0 Å². The van der Waals surface area contributed by atoms with Gasteiger partial charge in [0.1, 0.15) is 0 Å². The third-order valence-electron chi connectivity index (χ3n) is 12.7. The molecule has 0 atom stereocenters. The number of anilines is 3. The minimum absolute atomic E-state index is 0.0381. The minimum Gasteiger partial charge on any atom is -0.310 e. The monoisotopic (exact) mass is 801 g/mol. The van der Waals surface area contributed by atoms with Gasteiger partial charge in [-0.25, -0.2) is 0 Å². The molecule has 12 rings (SSSR count). The smallest absolute Gasteiger partial charge is 0.0555 e. The summed E-state index contributed by atoms with van der Waals surface area (Å²) in [6.45, 7) is 4.70. The van der Waals surface area contributed by atoms with Crippen molar-refractivity contribution in [2.24, 2.45) is 0 Å². The largest absolute Gasteiger partial charge is 0.310 e. The number of para-hydroxylation sites is 1. The predicted octanol–water partition coefficient (Wildman–Crippen LogP) is 17.2. The summed E-state index contributed by atoms with van der Waals surface area (Å²) in [6.07, 6.45) is 0. The summed E-state index contributed by atoms with van der Waals surface area (Å²) in [5.41, 5.74) is 16.4. The van der Waals surface area contributed by atoms with E-state index in [0.29, 0.717) is 0 Å². The number of fused-ring (bicyclic) bond motifs is 9. The lowest BCUT2D eigenvalue weighted by molar-refractivity contribution is 0.660. The molecule has 2 heterocycles. The molecule has 0 N–H and O–H groups in total. The van der Waals surface area contributed by atoms with Gasteiger partial charge in [0.15, 0.2) is 0 Å². The number of nitrogens with zero attached hydrogens (tertiary/aromatic N) is 1. The molecule has 0 unspecified atom stereocenters. The number of thiophene rings is 2. The first-order valence-electron chi connectivity index (χ1n) is 20.7. The van der Waals surface area contributed by atoms with Gasteiger partial charge in [-0.3, -0.25) is 0 Å². The van der Waals surface area contributed by atoms with Gasteiger partial charge < -0.3 is 4.90 Å². The van der Waals surface area contributed by atoms with Gasteiger partial charge in [0.05, 0.1) is 5.69 Å². The van der Waals surface area contributed by atoms with E-state index in [2.05, 4.69) is 219 Å². The van der Waals surface area contributed by atoms with E-state index >= 15 is 0 Å². The molecule has 9 aromatic carbocycles. The van der Waals surface area contributed by atoms with Gasteiger partial charge in [-0.1, -0.05) is 159 Å². The Balaban J connectivity index is 0.970. The van der Waals surface area contributed by atoms with E-state index in [4.69, 9.17) is 0 Å². The molecule has 0 bridgehead atoms. The van der Waals surface area contributed by atoms with E-state index in [9.17, 15) is 0 Å². The van der Waals surface area contributed by atoms with Crippen LogP contribution in [0.4, 0.5) is 17.1 Å². The van der Waals surface area contributed by atoms with Crippen molar-refractivity contribution in [1.82, 2.24) is 0 Å². The molecule has 0 radical (unpaired) electrons. The maximum absolute atomic E-state index is 2.44. The van der Waals surface area contributed by atoms with Crippen LogP contribution in [-0.2, 0) is 5.41 Å². The molecule has 1 nitrogen and oxygen atoms in total. The third-order valence-corrected chi connectivity index (χ3v) is 15.1. The van der Waals surface area contributed by atoms with Crippen molar-refractivity contribution in [2.75, 3.05) is 4.90 Å². The molecule has 60 heavy (non-hydrogen) atoms. The molecule has 3 heteroatoms. The molecule has 0 saturated heterocycles. The van der Waals surface area contributed by atoms with Crippen LogP contribution in [0.1, 0.15) is 25.0 Å². The van der Waals surface area contributed by atoms with Crippen LogP contribution in [0.3, 0.4) is 0 Å². The van der Waals surface area contributed by atoms with Crippen LogP contribution in [0, 0.1) is 0 Å². The highest BCUT2D eigenvalue weighted by molar-refractivity contribution is 7.26. The molecule has 0 fully saturated rings. The molecule has 0 spiro atoms. The second-order valence-corrected chi connectivity index (χ2v) is 18.6. The first-order chi connectivity index (χ1) is 29.5. The Labute approximate surface area is 358 Å². The van der Waals surface area contributed by atoms with Gasteiger partial charge in [0, 0.05) is 57.1 Å². The van der Waals surface area contributed by atoms with Gasteiger partial charge in [-0.2, -0.15) is 0 Å². The number of rotatable bonds is 6. The lowest BCUT2D eigenvalue weighted by Gasteiger charge is -2.27. The van der Waals surface area contributed by atoms with Crippen LogP contribution >= 0.6 is 22.7 Å². The Morgan fingerprint density at radius 2 is 0.967 bits per heavy atom. The second-order valence-electron chi connectivity index (χ2n) is 16.4. The Bertz CT molecular complexity index is 3440. The Kier molecular flexibility index (Phi) is 8.00. The molecule has 1 aliphatic rings. The molecule has 1 aliphatic carbocycles. The van der Waals surface area contributed by atoms with E-state index in [-0.39, 0.29) is 5.41 Å². The normalized spacial score (nSPS) is 13.0. The van der Waals surface area contributed by atoms with Gasteiger partial charge >= 0.3 is 0 Å². The van der Waals surface area contributed by atoms with Crippen molar-refractivity contribution in [2.45, 2.75) is 19.3 Å². The number of benzene rings is 9. The molecular weight excluding hydrogens is 763 g/mol. The van der Waals surface area contributed by atoms with E-state index in [0.717, 1.165) is 11.4 Å². The fraction of sp³-hybridized carbons (Fsp3) is 0.0526. The Morgan fingerprint density at radius 1 is 0.383 bits per heavy atom. The van der Waals surface area contributed by atoms with Crippen molar-refractivity contribution in [3.63, 3.8) is 0 Å². The van der Waals surface area contributed by atoms with Crippen LogP contribution in [0.5, 0.6) is 0 Å². The van der Waals surface area contributed by atoms with Crippen molar-refractivity contribution in [3.8, 4) is 44.5 Å². The first kappa shape index (κ1) is 35.2. The van der Waals surface area contributed by atoms with E-state index < -0.39 is 0 Å². The zero-order chi connectivity index (χ0) is 40.0. The highest BCUT2D eigenvalue weighted by Crippen LogP contribution is 2.53. The molecule has 0 saturated carbocycles. The van der Waals surface area contributed by atoms with Gasteiger partial charge in [-0.15, -0.1) is 22.7 Å². The molecule has 11 aromatic rings. The van der Waals surface area contributed by atoms with E-state index in [1.165, 1.54) is 102 Å². The summed E-state index contributed by atoms with van der Waals surface area (Å²) >= 11 is 3.76. The molecule has 0 aliphatic heterocycles. The maximum atomic E-state index is 2.44. The standard InChI is InChI=1S/C57H39NS2/c1-57(2)48-19-9-6-16-45(48)54-42(18-12-20-49(54)57)37-27-30-41(31-28-37)58(40-13-4-3-5-14-40)50-33-32-43(56-55(50)46-17-8-11-22-52(46)60-56)38-25-23-36(24-26-38)39-29-34-53-47(35-39)44-15-7-10-21-51(44)59-53/h3-35H,1-2H3. The fourth-order valence-corrected chi connectivity index (χ4v) is 12.1. The van der Waals surface area contributed by atoms with Gasteiger partial charge in [-0.05, 0) is 110 Å². The topological polar surface area (TPSA) is 3.24 Å². The lowest BCUT2D eigenvalue weighted by Crippen LogP contribution is -2.14. The van der Waals surface area contributed by atoms with Crippen LogP contribution in [0.2, 0.25) is 0 Å². The Hall–Kier alpha value is -6.78. The quantitative estimate of drug-likeness (QED) is 0.162. The molecule has 2 aromatic heterocycles. The molecular formula is C57H39NS2. The average Bonchev–Trinajstić information content (AvgIpc) is 3.95. The van der Waals surface area contributed by atoms with E-state index in [1.54, 1.807) is 0 Å². The number of hydrogen-bond acceptors (Lipinski definition) is 3. The minimum atomic E-state index is -0.0381. The Morgan fingerprint density at radius 3 is 1.78 bits per heavy atom. The zero-order valence-electron chi connectivity index (χ0n) is 33.3.